The van der Waals surface area contributed by atoms with E-state index in [4.69, 9.17) is 0 Å². The molecule has 0 bridgehead atoms. The summed E-state index contributed by atoms with van der Waals surface area (Å²) < 4.78 is 4.00. The van der Waals surface area contributed by atoms with Crippen molar-refractivity contribution >= 4 is 11.0 Å². The minimum Gasteiger partial charge on any atom is -0.317 e. The maximum atomic E-state index is 13.4. The van der Waals surface area contributed by atoms with Crippen LogP contribution in [0.5, 0.6) is 0 Å². The first kappa shape index (κ1) is 16.2. The maximum absolute atomic E-state index is 13.4. The number of hydrogen-bond acceptors (Lipinski definition) is 2. The van der Waals surface area contributed by atoms with Gasteiger partial charge < -0.3 is 5.32 Å². The minimum atomic E-state index is 0.0153. The highest BCUT2D eigenvalue weighted by Crippen LogP contribution is 2.28. The first-order valence-corrected chi connectivity index (χ1v) is 9.16. The van der Waals surface area contributed by atoms with Gasteiger partial charge in [-0.05, 0) is 63.0 Å². The van der Waals surface area contributed by atoms with Crippen molar-refractivity contribution in [3.05, 3.63) is 70.1 Å². The summed E-state index contributed by atoms with van der Waals surface area (Å²) in [5, 5.41) is 3.39. The van der Waals surface area contributed by atoms with Crippen LogP contribution in [0.1, 0.15) is 43.0 Å². The molecule has 4 heteroatoms. The van der Waals surface area contributed by atoms with Crippen molar-refractivity contribution < 1.29 is 0 Å². The molecule has 0 spiro atoms. The van der Waals surface area contributed by atoms with Crippen LogP contribution < -0.4 is 11.0 Å². The molecule has 0 saturated carbocycles. The van der Waals surface area contributed by atoms with Crippen LogP contribution in [-0.2, 0) is 0 Å². The van der Waals surface area contributed by atoms with Crippen molar-refractivity contribution in [2.45, 2.75) is 38.8 Å². The Labute approximate surface area is 148 Å². The number of piperidine rings is 1. The summed E-state index contributed by atoms with van der Waals surface area (Å²) in [4.78, 5) is 13.4. The van der Waals surface area contributed by atoms with Crippen molar-refractivity contribution in [3.8, 4) is 0 Å². The Morgan fingerprint density at radius 1 is 1.00 bits per heavy atom. The highest BCUT2D eigenvalue weighted by atomic mass is 16.1. The molecular formula is C21H25N3O. The Bertz CT molecular complexity index is 947. The second kappa shape index (κ2) is 6.52. The zero-order valence-electron chi connectivity index (χ0n) is 14.9. The van der Waals surface area contributed by atoms with Gasteiger partial charge in [-0.2, -0.15) is 0 Å². The molecule has 130 valence electrons. The van der Waals surface area contributed by atoms with Crippen molar-refractivity contribution in [2.24, 2.45) is 0 Å². The van der Waals surface area contributed by atoms with Gasteiger partial charge >= 0.3 is 5.69 Å². The second-order valence-electron chi connectivity index (χ2n) is 7.03. The molecule has 2 aromatic carbocycles. The summed E-state index contributed by atoms with van der Waals surface area (Å²) in [5.74, 6) is 0. The monoisotopic (exact) mass is 335 g/mol. The van der Waals surface area contributed by atoms with Crippen LogP contribution in [0, 0.1) is 6.92 Å². The van der Waals surface area contributed by atoms with Gasteiger partial charge in [-0.25, -0.2) is 4.79 Å². The highest BCUT2D eigenvalue weighted by molar-refractivity contribution is 5.76. The first-order chi connectivity index (χ1) is 12.2. The van der Waals surface area contributed by atoms with Gasteiger partial charge in [-0.15, -0.1) is 0 Å². The number of aryl methyl sites for hydroxylation is 1. The lowest BCUT2D eigenvalue weighted by Gasteiger charge is -2.24. The molecule has 2 heterocycles. The van der Waals surface area contributed by atoms with Crippen LogP contribution in [0.15, 0.2) is 53.3 Å². The van der Waals surface area contributed by atoms with Crippen LogP contribution in [-0.4, -0.2) is 22.2 Å². The molecule has 1 fully saturated rings. The van der Waals surface area contributed by atoms with Gasteiger partial charge in [0.2, 0.25) is 0 Å². The molecule has 0 radical (unpaired) electrons. The number of nitrogens with one attached hydrogen (secondary N) is 1. The number of para-hydroxylation sites is 2. The standard InChI is InChI=1S/C21H25N3O/c1-15-7-3-4-8-18(15)16(2)23-19-9-5-6-10-20(19)24(21(23)25)17-11-13-22-14-12-17/h3-10,16-17,22H,11-14H2,1-2H3. The molecule has 25 heavy (non-hydrogen) atoms. The van der Waals surface area contributed by atoms with E-state index in [1.165, 1.54) is 11.1 Å². The van der Waals surface area contributed by atoms with Crippen molar-refractivity contribution in [1.82, 2.24) is 14.5 Å². The molecule has 3 aromatic rings. The molecule has 1 unspecified atom stereocenters. The predicted octanol–water partition coefficient (Wildman–Crippen LogP) is 3.65. The van der Waals surface area contributed by atoms with Gasteiger partial charge in [0.15, 0.2) is 0 Å². The van der Waals surface area contributed by atoms with Gasteiger partial charge in [0.1, 0.15) is 0 Å². The zero-order chi connectivity index (χ0) is 17.4. The average Bonchev–Trinajstić information content (AvgIpc) is 2.94. The van der Waals surface area contributed by atoms with E-state index in [9.17, 15) is 4.79 Å². The molecule has 1 aromatic heterocycles. The third kappa shape index (κ3) is 2.71. The first-order valence-electron chi connectivity index (χ1n) is 9.16. The number of imidazole rings is 1. The minimum absolute atomic E-state index is 0.0153. The molecule has 1 aliphatic rings. The molecular weight excluding hydrogens is 310 g/mol. The fourth-order valence-electron chi connectivity index (χ4n) is 4.18. The summed E-state index contributed by atoms with van der Waals surface area (Å²) in [5.41, 5.74) is 4.63. The van der Waals surface area contributed by atoms with Crippen LogP contribution in [0.2, 0.25) is 0 Å². The smallest absolute Gasteiger partial charge is 0.317 e. The number of rotatable bonds is 3. The lowest BCUT2D eigenvalue weighted by molar-refractivity contribution is 0.363. The Morgan fingerprint density at radius 3 is 2.36 bits per heavy atom. The third-order valence-electron chi connectivity index (χ3n) is 5.51. The number of fused-ring (bicyclic) bond motifs is 1. The van der Waals surface area contributed by atoms with Crippen molar-refractivity contribution in [2.75, 3.05) is 13.1 Å². The van der Waals surface area contributed by atoms with Gasteiger partial charge in [0.25, 0.3) is 0 Å². The zero-order valence-corrected chi connectivity index (χ0v) is 14.9. The normalized spacial score (nSPS) is 17.0. The highest BCUT2D eigenvalue weighted by Gasteiger charge is 2.24. The lowest BCUT2D eigenvalue weighted by atomic mass is 10.0. The number of benzene rings is 2. The van der Waals surface area contributed by atoms with E-state index in [-0.39, 0.29) is 17.8 Å². The maximum Gasteiger partial charge on any atom is 0.329 e. The number of aromatic nitrogens is 2. The molecule has 4 nitrogen and oxygen atoms in total. The Kier molecular flexibility index (Phi) is 4.22. The Balaban J connectivity index is 1.91. The molecule has 1 atom stereocenters. The number of hydrogen-bond donors (Lipinski definition) is 1. The van der Waals surface area contributed by atoms with Gasteiger partial charge in [0, 0.05) is 6.04 Å². The molecule has 1 N–H and O–H groups in total. The fraction of sp³-hybridized carbons (Fsp3) is 0.381. The number of nitrogens with zero attached hydrogens (tertiary/aromatic N) is 2. The SMILES string of the molecule is Cc1ccccc1C(C)n1c(=O)n(C2CCNCC2)c2ccccc21. The molecule has 0 aliphatic carbocycles. The van der Waals surface area contributed by atoms with E-state index >= 15 is 0 Å². The van der Waals surface area contributed by atoms with E-state index in [1.807, 2.05) is 27.3 Å². The fourth-order valence-corrected chi connectivity index (χ4v) is 4.18. The topological polar surface area (TPSA) is 39.0 Å². The third-order valence-corrected chi connectivity index (χ3v) is 5.51. The predicted molar refractivity (Wildman–Crippen MR) is 102 cm³/mol. The van der Waals surface area contributed by atoms with Gasteiger partial charge in [-0.1, -0.05) is 36.4 Å². The van der Waals surface area contributed by atoms with Crippen LogP contribution in [0.25, 0.3) is 11.0 Å². The van der Waals surface area contributed by atoms with Crippen LogP contribution in [0.3, 0.4) is 0 Å². The quantitative estimate of drug-likeness (QED) is 0.793. The summed E-state index contributed by atoms with van der Waals surface area (Å²) in [7, 11) is 0. The van der Waals surface area contributed by atoms with Gasteiger partial charge in [0.05, 0.1) is 17.1 Å². The average molecular weight is 335 g/mol. The summed E-state index contributed by atoms with van der Waals surface area (Å²) >= 11 is 0. The summed E-state index contributed by atoms with van der Waals surface area (Å²) in [6.45, 7) is 6.19. The van der Waals surface area contributed by atoms with Crippen molar-refractivity contribution in [3.63, 3.8) is 0 Å². The molecule has 4 rings (SSSR count). The largest absolute Gasteiger partial charge is 0.329 e. The molecule has 1 aliphatic heterocycles. The Morgan fingerprint density at radius 2 is 1.64 bits per heavy atom. The molecule has 1 saturated heterocycles. The van der Waals surface area contributed by atoms with E-state index < -0.39 is 0 Å². The summed E-state index contributed by atoms with van der Waals surface area (Å²) in [6, 6.07) is 16.8. The van der Waals surface area contributed by atoms with E-state index in [0.29, 0.717) is 0 Å². The Hall–Kier alpha value is -2.33. The summed E-state index contributed by atoms with van der Waals surface area (Å²) in [6.07, 6.45) is 2.01. The van der Waals surface area contributed by atoms with Gasteiger partial charge in [-0.3, -0.25) is 9.13 Å². The van der Waals surface area contributed by atoms with Crippen molar-refractivity contribution in [1.29, 1.82) is 0 Å². The van der Waals surface area contributed by atoms with E-state index in [1.54, 1.807) is 0 Å². The second-order valence-corrected chi connectivity index (χ2v) is 7.03. The van der Waals surface area contributed by atoms with Crippen LogP contribution >= 0.6 is 0 Å². The molecule has 0 amide bonds. The van der Waals surface area contributed by atoms with E-state index in [0.717, 1.165) is 37.0 Å². The van der Waals surface area contributed by atoms with Crippen LogP contribution in [0.4, 0.5) is 0 Å². The lowest BCUT2D eigenvalue weighted by Crippen LogP contribution is -2.35. The van der Waals surface area contributed by atoms with E-state index in [2.05, 4.69) is 49.5 Å².